The number of aryl methyl sites for hydroxylation is 1. The van der Waals surface area contributed by atoms with E-state index < -0.39 is 0 Å². The molecule has 2 amide bonds. The molecule has 116 valence electrons. The highest BCUT2D eigenvalue weighted by Gasteiger charge is 2.29. The van der Waals surface area contributed by atoms with E-state index in [2.05, 4.69) is 50.4 Å². The molecule has 0 bridgehead atoms. The number of hydrogen-bond donors (Lipinski definition) is 2. The van der Waals surface area contributed by atoms with Gasteiger partial charge >= 0.3 is 6.03 Å². The summed E-state index contributed by atoms with van der Waals surface area (Å²) in [5, 5.41) is 12.3. The van der Waals surface area contributed by atoms with Gasteiger partial charge in [-0.1, -0.05) is 43.7 Å². The fourth-order valence-corrected chi connectivity index (χ4v) is 2.86. The van der Waals surface area contributed by atoms with Crippen LogP contribution in [0.25, 0.3) is 0 Å². The van der Waals surface area contributed by atoms with E-state index in [0.717, 1.165) is 19.4 Å². The molecule has 21 heavy (non-hydrogen) atoms. The summed E-state index contributed by atoms with van der Waals surface area (Å²) in [6.07, 6.45) is 1.87. The van der Waals surface area contributed by atoms with Crippen molar-refractivity contribution < 1.29 is 9.90 Å². The molecule has 1 aliphatic heterocycles. The summed E-state index contributed by atoms with van der Waals surface area (Å²) < 4.78 is 0. The number of nitrogens with one attached hydrogen (secondary N) is 1. The minimum Gasteiger partial charge on any atom is -0.394 e. The second-order valence-corrected chi connectivity index (χ2v) is 6.58. The lowest BCUT2D eigenvalue weighted by molar-refractivity contribution is 0.156. The maximum absolute atomic E-state index is 12.3. The predicted molar refractivity (Wildman–Crippen MR) is 84.4 cm³/mol. The van der Waals surface area contributed by atoms with Crippen LogP contribution in [0.15, 0.2) is 24.3 Å². The van der Waals surface area contributed by atoms with Crippen molar-refractivity contribution in [3.63, 3.8) is 0 Å². The topological polar surface area (TPSA) is 52.6 Å². The minimum absolute atomic E-state index is 0.0212. The Kier molecular flexibility index (Phi) is 4.88. The largest absolute Gasteiger partial charge is 0.394 e. The number of urea groups is 1. The van der Waals surface area contributed by atoms with Crippen LogP contribution in [0.3, 0.4) is 0 Å². The van der Waals surface area contributed by atoms with Gasteiger partial charge in [0.25, 0.3) is 0 Å². The molecule has 1 saturated heterocycles. The molecule has 1 heterocycles. The number of aliphatic hydroxyl groups is 1. The van der Waals surface area contributed by atoms with Crippen molar-refractivity contribution in [1.29, 1.82) is 0 Å². The first-order valence-electron chi connectivity index (χ1n) is 7.66. The standard InChI is InChI=1S/C17H26N2O2/c1-13-6-4-7-14(10-13)17(2,3)12-18-16(21)19-9-5-8-15(19)11-20/h4,6-7,10,15,20H,5,8-9,11-12H2,1-3H3,(H,18,21). The van der Waals surface area contributed by atoms with E-state index in [0.29, 0.717) is 6.54 Å². The van der Waals surface area contributed by atoms with Crippen LogP contribution in [-0.2, 0) is 5.41 Å². The van der Waals surface area contributed by atoms with Crippen LogP contribution in [0.4, 0.5) is 4.79 Å². The van der Waals surface area contributed by atoms with Gasteiger partial charge in [-0.05, 0) is 25.3 Å². The SMILES string of the molecule is Cc1cccc(C(C)(C)CNC(=O)N2CCCC2CO)c1. The fraction of sp³-hybridized carbons (Fsp3) is 0.588. The average Bonchev–Trinajstić information content (AvgIpc) is 2.93. The van der Waals surface area contributed by atoms with Crippen molar-refractivity contribution in [1.82, 2.24) is 10.2 Å². The maximum Gasteiger partial charge on any atom is 0.317 e. The quantitative estimate of drug-likeness (QED) is 0.895. The Morgan fingerprint density at radius 2 is 2.24 bits per heavy atom. The summed E-state index contributed by atoms with van der Waals surface area (Å²) in [5.74, 6) is 0. The van der Waals surface area contributed by atoms with Crippen molar-refractivity contribution in [3.8, 4) is 0 Å². The normalized spacial score (nSPS) is 18.9. The number of rotatable bonds is 4. The number of nitrogens with zero attached hydrogens (tertiary/aromatic N) is 1. The van der Waals surface area contributed by atoms with Crippen molar-refractivity contribution in [3.05, 3.63) is 35.4 Å². The molecular formula is C17H26N2O2. The van der Waals surface area contributed by atoms with Crippen molar-refractivity contribution in [2.24, 2.45) is 0 Å². The molecule has 1 unspecified atom stereocenters. The van der Waals surface area contributed by atoms with Gasteiger partial charge in [-0.2, -0.15) is 0 Å². The van der Waals surface area contributed by atoms with E-state index >= 15 is 0 Å². The highest BCUT2D eigenvalue weighted by Crippen LogP contribution is 2.23. The van der Waals surface area contributed by atoms with Crippen LogP contribution >= 0.6 is 0 Å². The Morgan fingerprint density at radius 3 is 2.90 bits per heavy atom. The monoisotopic (exact) mass is 290 g/mol. The van der Waals surface area contributed by atoms with Crippen LogP contribution in [0.1, 0.15) is 37.8 Å². The second-order valence-electron chi connectivity index (χ2n) is 6.58. The number of amides is 2. The first-order valence-corrected chi connectivity index (χ1v) is 7.66. The van der Waals surface area contributed by atoms with Crippen molar-refractivity contribution in [2.45, 2.75) is 45.1 Å². The molecule has 0 radical (unpaired) electrons. The van der Waals surface area contributed by atoms with E-state index in [9.17, 15) is 9.90 Å². The van der Waals surface area contributed by atoms with Crippen molar-refractivity contribution >= 4 is 6.03 Å². The summed E-state index contributed by atoms with van der Waals surface area (Å²) in [6, 6.07) is 8.31. The molecule has 1 atom stereocenters. The third kappa shape index (κ3) is 3.76. The summed E-state index contributed by atoms with van der Waals surface area (Å²) in [7, 11) is 0. The number of likely N-dealkylation sites (tertiary alicyclic amines) is 1. The second kappa shape index (κ2) is 6.48. The molecule has 1 aromatic carbocycles. The zero-order chi connectivity index (χ0) is 15.5. The van der Waals surface area contributed by atoms with E-state index in [1.54, 1.807) is 4.90 Å². The molecule has 0 aromatic heterocycles. The zero-order valence-electron chi connectivity index (χ0n) is 13.2. The van der Waals surface area contributed by atoms with Crippen LogP contribution in [0.2, 0.25) is 0 Å². The molecule has 0 aliphatic carbocycles. The number of carbonyl (C=O) groups excluding carboxylic acids is 1. The lowest BCUT2D eigenvalue weighted by Crippen LogP contribution is -2.47. The number of aliphatic hydroxyl groups excluding tert-OH is 1. The number of carbonyl (C=O) groups is 1. The van der Waals surface area contributed by atoms with Gasteiger partial charge in [0.1, 0.15) is 0 Å². The average molecular weight is 290 g/mol. The van der Waals surface area contributed by atoms with Crippen LogP contribution in [-0.4, -0.2) is 41.8 Å². The molecule has 0 saturated carbocycles. The molecule has 4 heteroatoms. The molecule has 4 nitrogen and oxygen atoms in total. The van der Waals surface area contributed by atoms with Crippen LogP contribution in [0.5, 0.6) is 0 Å². The lowest BCUT2D eigenvalue weighted by atomic mass is 9.84. The highest BCUT2D eigenvalue weighted by atomic mass is 16.3. The highest BCUT2D eigenvalue weighted by molar-refractivity contribution is 5.75. The lowest BCUT2D eigenvalue weighted by Gasteiger charge is -2.29. The van der Waals surface area contributed by atoms with Gasteiger partial charge in [-0.25, -0.2) is 4.79 Å². The van der Waals surface area contributed by atoms with Gasteiger partial charge in [-0.15, -0.1) is 0 Å². The Hall–Kier alpha value is -1.55. The fourth-order valence-electron chi connectivity index (χ4n) is 2.86. The predicted octanol–water partition coefficient (Wildman–Crippen LogP) is 2.44. The third-order valence-corrected chi connectivity index (χ3v) is 4.33. The number of hydrogen-bond acceptors (Lipinski definition) is 2. The molecular weight excluding hydrogens is 264 g/mol. The van der Waals surface area contributed by atoms with Gasteiger partial charge in [-0.3, -0.25) is 0 Å². The smallest absolute Gasteiger partial charge is 0.317 e. The van der Waals surface area contributed by atoms with Crippen LogP contribution < -0.4 is 5.32 Å². The molecule has 2 N–H and O–H groups in total. The van der Waals surface area contributed by atoms with Crippen molar-refractivity contribution in [2.75, 3.05) is 19.7 Å². The molecule has 2 rings (SSSR count). The third-order valence-electron chi connectivity index (χ3n) is 4.33. The van der Waals surface area contributed by atoms with Crippen LogP contribution in [0, 0.1) is 6.92 Å². The van der Waals surface area contributed by atoms with E-state index in [4.69, 9.17) is 0 Å². The molecule has 0 spiro atoms. The van der Waals surface area contributed by atoms with E-state index in [1.165, 1.54) is 11.1 Å². The molecule has 1 fully saturated rings. The Bertz CT molecular complexity index is 499. The van der Waals surface area contributed by atoms with Gasteiger partial charge < -0.3 is 15.3 Å². The summed E-state index contributed by atoms with van der Waals surface area (Å²) in [6.45, 7) is 7.72. The summed E-state index contributed by atoms with van der Waals surface area (Å²) >= 11 is 0. The Morgan fingerprint density at radius 1 is 1.48 bits per heavy atom. The van der Waals surface area contributed by atoms with E-state index in [1.807, 2.05) is 0 Å². The summed E-state index contributed by atoms with van der Waals surface area (Å²) in [5.41, 5.74) is 2.34. The van der Waals surface area contributed by atoms with Gasteiger partial charge in [0.15, 0.2) is 0 Å². The minimum atomic E-state index is -0.115. The first-order chi connectivity index (χ1) is 9.94. The summed E-state index contributed by atoms with van der Waals surface area (Å²) in [4.78, 5) is 14.0. The molecule has 1 aliphatic rings. The van der Waals surface area contributed by atoms with Gasteiger partial charge in [0, 0.05) is 18.5 Å². The maximum atomic E-state index is 12.3. The van der Waals surface area contributed by atoms with Gasteiger partial charge in [0.2, 0.25) is 0 Å². The van der Waals surface area contributed by atoms with Gasteiger partial charge in [0.05, 0.1) is 12.6 Å². The molecule has 1 aromatic rings. The number of benzene rings is 1. The Labute approximate surface area is 127 Å². The zero-order valence-corrected chi connectivity index (χ0v) is 13.2. The Balaban J connectivity index is 1.96. The first kappa shape index (κ1) is 15.8. The van der Waals surface area contributed by atoms with E-state index in [-0.39, 0.29) is 24.1 Å².